The molecule has 4 heteroatoms. The highest BCUT2D eigenvalue weighted by Gasteiger charge is 2.31. The van der Waals surface area contributed by atoms with E-state index in [0.29, 0.717) is 6.04 Å². The lowest BCUT2D eigenvalue weighted by Crippen LogP contribution is -2.51. The first kappa shape index (κ1) is 15.5. The summed E-state index contributed by atoms with van der Waals surface area (Å²) in [4.78, 5) is 2.46. The van der Waals surface area contributed by atoms with Gasteiger partial charge in [0, 0.05) is 31.2 Å². The van der Waals surface area contributed by atoms with Gasteiger partial charge in [-0.2, -0.15) is 0 Å². The molecule has 0 spiro atoms. The van der Waals surface area contributed by atoms with Crippen LogP contribution < -0.4 is 5.32 Å². The smallest absolute Gasteiger partial charge is 0.122 e. The molecule has 1 aromatic rings. The van der Waals surface area contributed by atoms with E-state index in [0.717, 1.165) is 31.9 Å². The zero-order chi connectivity index (χ0) is 14.8. The largest absolute Gasteiger partial charge is 0.468 e. The molecule has 1 aliphatic rings. The molecule has 1 aromatic heterocycles. The van der Waals surface area contributed by atoms with Gasteiger partial charge in [0.2, 0.25) is 0 Å². The van der Waals surface area contributed by atoms with E-state index in [-0.39, 0.29) is 11.7 Å². The van der Waals surface area contributed by atoms with E-state index < -0.39 is 0 Å². The van der Waals surface area contributed by atoms with Gasteiger partial charge in [0.1, 0.15) is 5.76 Å². The highest BCUT2D eigenvalue weighted by atomic mass is 16.5. The van der Waals surface area contributed by atoms with Gasteiger partial charge >= 0.3 is 0 Å². The third kappa shape index (κ3) is 4.33. The van der Waals surface area contributed by atoms with Crippen LogP contribution in [0.1, 0.15) is 45.9 Å². The van der Waals surface area contributed by atoms with Crippen LogP contribution in [-0.4, -0.2) is 35.7 Å². The van der Waals surface area contributed by atoms with Crippen LogP contribution in [0, 0.1) is 0 Å². The quantitative estimate of drug-likeness (QED) is 0.900. The van der Waals surface area contributed by atoms with Gasteiger partial charge in [0.05, 0.1) is 24.5 Å². The van der Waals surface area contributed by atoms with E-state index in [1.54, 1.807) is 6.26 Å². The maximum atomic E-state index is 5.95. The van der Waals surface area contributed by atoms with Crippen molar-refractivity contribution in [2.45, 2.75) is 65.5 Å². The Balaban J connectivity index is 1.97. The number of morpholine rings is 1. The van der Waals surface area contributed by atoms with Crippen molar-refractivity contribution in [3.8, 4) is 0 Å². The minimum absolute atomic E-state index is 0.0717. The number of nitrogens with one attached hydrogen (secondary N) is 1. The summed E-state index contributed by atoms with van der Waals surface area (Å²) >= 11 is 0. The molecule has 0 amide bonds. The average Bonchev–Trinajstić information content (AvgIpc) is 2.70. The standard InChI is InChI=1S/C16H28N2O2/c1-12(2)17-8-15-14(6-7-19-15)10-18-9-13(3)20-16(4,5)11-18/h6-7,12-13,17H,8-11H2,1-5H3. The van der Waals surface area contributed by atoms with Crippen LogP contribution in [0.3, 0.4) is 0 Å². The summed E-state index contributed by atoms with van der Waals surface area (Å²) in [6, 6.07) is 2.56. The van der Waals surface area contributed by atoms with Gasteiger partial charge in [-0.25, -0.2) is 0 Å². The number of nitrogens with zero attached hydrogens (tertiary/aromatic N) is 1. The summed E-state index contributed by atoms with van der Waals surface area (Å²) in [6.45, 7) is 14.4. The Morgan fingerprint density at radius 1 is 1.45 bits per heavy atom. The second kappa shape index (κ2) is 6.29. The SMILES string of the molecule is CC(C)NCc1occc1CN1CC(C)OC(C)(C)C1. The van der Waals surface area contributed by atoms with Gasteiger partial charge in [-0.3, -0.25) is 4.90 Å². The zero-order valence-corrected chi connectivity index (χ0v) is 13.4. The molecule has 0 saturated carbocycles. The molecule has 1 aliphatic heterocycles. The monoisotopic (exact) mass is 280 g/mol. The molecule has 0 bridgehead atoms. The predicted octanol–water partition coefficient (Wildman–Crippen LogP) is 2.78. The molecular formula is C16H28N2O2. The number of rotatable bonds is 5. The van der Waals surface area contributed by atoms with Crippen LogP contribution in [0.2, 0.25) is 0 Å². The van der Waals surface area contributed by atoms with Crippen molar-refractivity contribution in [3.05, 3.63) is 23.7 Å². The van der Waals surface area contributed by atoms with E-state index in [9.17, 15) is 0 Å². The lowest BCUT2D eigenvalue weighted by atomic mass is 10.0. The third-order valence-corrected chi connectivity index (χ3v) is 3.54. The van der Waals surface area contributed by atoms with Gasteiger partial charge in [0.15, 0.2) is 0 Å². The second-order valence-electron chi connectivity index (χ2n) is 6.76. The molecule has 20 heavy (non-hydrogen) atoms. The predicted molar refractivity (Wildman–Crippen MR) is 80.6 cm³/mol. The van der Waals surface area contributed by atoms with Crippen LogP contribution in [0.15, 0.2) is 16.7 Å². The molecule has 1 unspecified atom stereocenters. The van der Waals surface area contributed by atoms with Crippen molar-refractivity contribution >= 4 is 0 Å². The Bertz CT molecular complexity index is 426. The van der Waals surface area contributed by atoms with Crippen molar-refractivity contribution < 1.29 is 9.15 Å². The number of hydrogen-bond acceptors (Lipinski definition) is 4. The Hall–Kier alpha value is -0.840. The van der Waals surface area contributed by atoms with Crippen LogP contribution >= 0.6 is 0 Å². The number of hydrogen-bond donors (Lipinski definition) is 1. The van der Waals surface area contributed by atoms with Gasteiger partial charge in [-0.1, -0.05) is 13.8 Å². The normalized spacial score (nSPS) is 23.4. The molecule has 2 rings (SSSR count). The first-order valence-corrected chi connectivity index (χ1v) is 7.54. The Morgan fingerprint density at radius 2 is 2.20 bits per heavy atom. The van der Waals surface area contributed by atoms with E-state index in [2.05, 4.69) is 50.9 Å². The van der Waals surface area contributed by atoms with Crippen LogP contribution in [-0.2, 0) is 17.8 Å². The summed E-state index contributed by atoms with van der Waals surface area (Å²) in [5.41, 5.74) is 1.21. The molecule has 2 heterocycles. The Labute approximate surface area is 122 Å². The van der Waals surface area contributed by atoms with E-state index >= 15 is 0 Å². The zero-order valence-electron chi connectivity index (χ0n) is 13.4. The fourth-order valence-corrected chi connectivity index (χ4v) is 2.91. The highest BCUT2D eigenvalue weighted by molar-refractivity contribution is 5.17. The molecule has 1 fully saturated rings. The average molecular weight is 280 g/mol. The van der Waals surface area contributed by atoms with Gasteiger partial charge in [-0.05, 0) is 26.8 Å². The van der Waals surface area contributed by atoms with Crippen molar-refractivity contribution in [1.82, 2.24) is 10.2 Å². The lowest BCUT2D eigenvalue weighted by molar-refractivity contribution is -0.130. The number of ether oxygens (including phenoxy) is 1. The molecule has 1 N–H and O–H groups in total. The number of furan rings is 1. The van der Waals surface area contributed by atoms with Gasteiger partial charge < -0.3 is 14.5 Å². The molecule has 0 radical (unpaired) electrons. The maximum Gasteiger partial charge on any atom is 0.122 e. The van der Waals surface area contributed by atoms with E-state index in [1.165, 1.54) is 5.56 Å². The topological polar surface area (TPSA) is 37.6 Å². The first-order chi connectivity index (χ1) is 9.35. The van der Waals surface area contributed by atoms with Crippen molar-refractivity contribution in [3.63, 3.8) is 0 Å². The van der Waals surface area contributed by atoms with Crippen molar-refractivity contribution in [2.75, 3.05) is 13.1 Å². The van der Waals surface area contributed by atoms with E-state index in [1.807, 2.05) is 0 Å². The Morgan fingerprint density at radius 3 is 2.85 bits per heavy atom. The minimum atomic E-state index is -0.0717. The van der Waals surface area contributed by atoms with Crippen molar-refractivity contribution in [2.24, 2.45) is 0 Å². The summed E-state index contributed by atoms with van der Waals surface area (Å²) < 4.78 is 11.6. The summed E-state index contributed by atoms with van der Waals surface area (Å²) in [7, 11) is 0. The molecule has 1 atom stereocenters. The molecule has 0 aromatic carbocycles. The molecule has 114 valence electrons. The van der Waals surface area contributed by atoms with Crippen LogP contribution in [0.5, 0.6) is 0 Å². The van der Waals surface area contributed by atoms with Crippen LogP contribution in [0.25, 0.3) is 0 Å². The lowest BCUT2D eigenvalue weighted by Gasteiger charge is -2.41. The van der Waals surface area contributed by atoms with Crippen LogP contribution in [0.4, 0.5) is 0 Å². The fraction of sp³-hybridized carbons (Fsp3) is 0.750. The van der Waals surface area contributed by atoms with E-state index in [4.69, 9.17) is 9.15 Å². The van der Waals surface area contributed by atoms with Gasteiger partial charge in [-0.15, -0.1) is 0 Å². The fourth-order valence-electron chi connectivity index (χ4n) is 2.91. The summed E-state index contributed by atoms with van der Waals surface area (Å²) in [5, 5.41) is 3.41. The Kier molecular flexibility index (Phi) is 4.89. The molecular weight excluding hydrogens is 252 g/mol. The third-order valence-electron chi connectivity index (χ3n) is 3.54. The molecule has 4 nitrogen and oxygen atoms in total. The molecule has 1 saturated heterocycles. The van der Waals surface area contributed by atoms with Crippen molar-refractivity contribution in [1.29, 1.82) is 0 Å². The summed E-state index contributed by atoms with van der Waals surface area (Å²) in [6.07, 6.45) is 2.07. The maximum absolute atomic E-state index is 5.95. The highest BCUT2D eigenvalue weighted by Crippen LogP contribution is 2.23. The minimum Gasteiger partial charge on any atom is -0.468 e. The first-order valence-electron chi connectivity index (χ1n) is 7.54. The summed E-state index contributed by atoms with van der Waals surface area (Å²) in [5.74, 6) is 1.05. The molecule has 0 aliphatic carbocycles. The van der Waals surface area contributed by atoms with Gasteiger partial charge in [0.25, 0.3) is 0 Å². The second-order valence-corrected chi connectivity index (χ2v) is 6.76.